The molecule has 3 heterocycles. The first-order valence-electron chi connectivity index (χ1n) is 10.9. The van der Waals surface area contributed by atoms with Gasteiger partial charge in [0.15, 0.2) is 0 Å². The van der Waals surface area contributed by atoms with E-state index in [1.165, 1.54) is 0 Å². The Kier molecular flexibility index (Phi) is 6.66. The Labute approximate surface area is 189 Å². The summed E-state index contributed by atoms with van der Waals surface area (Å²) in [7, 11) is 1.60. The highest BCUT2D eigenvalue weighted by Crippen LogP contribution is 2.25. The second-order valence-electron chi connectivity index (χ2n) is 8.13. The maximum atomic E-state index is 12.6. The van der Waals surface area contributed by atoms with E-state index in [1.54, 1.807) is 37.6 Å². The van der Waals surface area contributed by atoms with Crippen molar-refractivity contribution < 1.29 is 9.53 Å². The number of benzene rings is 1. The number of piperazine rings is 1. The first kappa shape index (κ1) is 21.8. The number of pyridine rings is 2. The average molecular weight is 432 g/mol. The van der Waals surface area contributed by atoms with Gasteiger partial charge >= 0.3 is 0 Å². The molecular weight excluding hydrogens is 402 g/mol. The molecule has 3 aromatic rings. The van der Waals surface area contributed by atoms with Gasteiger partial charge < -0.3 is 15.0 Å². The van der Waals surface area contributed by atoms with Gasteiger partial charge in [-0.1, -0.05) is 0 Å². The van der Waals surface area contributed by atoms with Gasteiger partial charge in [-0.2, -0.15) is 0 Å². The van der Waals surface area contributed by atoms with E-state index in [0.29, 0.717) is 23.2 Å². The number of hydrogen-bond acceptors (Lipinski definition) is 6. The largest absolute Gasteiger partial charge is 0.497 e. The van der Waals surface area contributed by atoms with Gasteiger partial charge in [0.1, 0.15) is 17.4 Å². The zero-order valence-electron chi connectivity index (χ0n) is 18.8. The monoisotopic (exact) mass is 431 g/mol. The van der Waals surface area contributed by atoms with E-state index < -0.39 is 0 Å². The van der Waals surface area contributed by atoms with Crippen LogP contribution in [0, 0.1) is 0 Å². The molecule has 2 aromatic heterocycles. The molecule has 0 radical (unpaired) electrons. The molecule has 1 aliphatic rings. The SMILES string of the molecule is COc1ccc(C(=O)Nc2cc(-c3ccnc(N4CCN(C(C)C)CC4)c3)ccn2)cc1. The Balaban J connectivity index is 1.47. The smallest absolute Gasteiger partial charge is 0.256 e. The summed E-state index contributed by atoms with van der Waals surface area (Å²) in [5, 5.41) is 2.88. The number of nitrogens with zero attached hydrogens (tertiary/aromatic N) is 4. The van der Waals surface area contributed by atoms with Gasteiger partial charge in [0.2, 0.25) is 0 Å². The lowest BCUT2D eigenvalue weighted by Crippen LogP contribution is -2.49. The van der Waals surface area contributed by atoms with Gasteiger partial charge in [0.25, 0.3) is 5.91 Å². The van der Waals surface area contributed by atoms with Crippen LogP contribution in [0.2, 0.25) is 0 Å². The molecule has 32 heavy (non-hydrogen) atoms. The molecule has 0 spiro atoms. The summed E-state index contributed by atoms with van der Waals surface area (Å²) in [6.07, 6.45) is 3.55. The molecule has 7 nitrogen and oxygen atoms in total. The minimum Gasteiger partial charge on any atom is -0.497 e. The van der Waals surface area contributed by atoms with Crippen molar-refractivity contribution in [2.75, 3.05) is 43.5 Å². The second kappa shape index (κ2) is 9.78. The third-order valence-corrected chi connectivity index (χ3v) is 5.80. The Bertz CT molecular complexity index is 1060. The van der Waals surface area contributed by atoms with Gasteiger partial charge in [-0.3, -0.25) is 9.69 Å². The van der Waals surface area contributed by atoms with Crippen molar-refractivity contribution in [2.24, 2.45) is 0 Å². The third-order valence-electron chi connectivity index (χ3n) is 5.80. The normalized spacial score (nSPS) is 14.4. The first-order chi connectivity index (χ1) is 15.5. The summed E-state index contributed by atoms with van der Waals surface area (Å²) in [6, 6.07) is 15.5. The minimum absolute atomic E-state index is 0.212. The minimum atomic E-state index is -0.212. The summed E-state index contributed by atoms with van der Waals surface area (Å²) >= 11 is 0. The molecule has 4 rings (SSSR count). The number of aromatic nitrogens is 2. The van der Waals surface area contributed by atoms with Crippen molar-refractivity contribution in [3.63, 3.8) is 0 Å². The van der Waals surface area contributed by atoms with Crippen LogP contribution in [0.5, 0.6) is 5.75 Å². The van der Waals surface area contributed by atoms with Crippen LogP contribution in [0.3, 0.4) is 0 Å². The van der Waals surface area contributed by atoms with Crippen molar-refractivity contribution in [1.29, 1.82) is 0 Å². The number of carbonyl (C=O) groups excluding carboxylic acids is 1. The van der Waals surface area contributed by atoms with E-state index >= 15 is 0 Å². The van der Waals surface area contributed by atoms with Crippen LogP contribution in [0.4, 0.5) is 11.6 Å². The molecular formula is C25H29N5O2. The highest BCUT2D eigenvalue weighted by molar-refractivity contribution is 6.04. The van der Waals surface area contributed by atoms with Gasteiger partial charge in [-0.05, 0) is 73.5 Å². The Morgan fingerprint density at radius 3 is 2.25 bits per heavy atom. The molecule has 1 fully saturated rings. The lowest BCUT2D eigenvalue weighted by atomic mass is 10.1. The predicted octanol–water partition coefficient (Wildman–Crippen LogP) is 3.93. The summed E-state index contributed by atoms with van der Waals surface area (Å²) in [5.41, 5.74) is 2.57. The van der Waals surface area contributed by atoms with E-state index in [2.05, 4.69) is 45.0 Å². The first-order valence-corrected chi connectivity index (χ1v) is 10.9. The molecule has 1 aliphatic heterocycles. The zero-order chi connectivity index (χ0) is 22.5. The summed E-state index contributed by atoms with van der Waals surface area (Å²) in [4.78, 5) is 26.3. The molecule has 1 amide bonds. The quantitative estimate of drug-likeness (QED) is 0.638. The molecule has 0 aliphatic carbocycles. The van der Waals surface area contributed by atoms with E-state index in [9.17, 15) is 4.79 Å². The number of ether oxygens (including phenoxy) is 1. The molecule has 7 heteroatoms. The number of nitrogens with one attached hydrogen (secondary N) is 1. The molecule has 1 saturated heterocycles. The summed E-state index contributed by atoms with van der Waals surface area (Å²) in [6.45, 7) is 8.50. The number of hydrogen-bond donors (Lipinski definition) is 1. The fourth-order valence-corrected chi connectivity index (χ4v) is 3.85. The van der Waals surface area contributed by atoms with Crippen LogP contribution in [0.15, 0.2) is 60.9 Å². The highest BCUT2D eigenvalue weighted by atomic mass is 16.5. The Morgan fingerprint density at radius 1 is 0.938 bits per heavy atom. The second-order valence-corrected chi connectivity index (χ2v) is 8.13. The summed E-state index contributed by atoms with van der Waals surface area (Å²) in [5.74, 6) is 1.98. The van der Waals surface area contributed by atoms with Crippen LogP contribution in [0.1, 0.15) is 24.2 Å². The van der Waals surface area contributed by atoms with Crippen molar-refractivity contribution in [2.45, 2.75) is 19.9 Å². The predicted molar refractivity (Wildman–Crippen MR) is 127 cm³/mol. The highest BCUT2D eigenvalue weighted by Gasteiger charge is 2.20. The molecule has 166 valence electrons. The van der Waals surface area contributed by atoms with E-state index in [1.807, 2.05) is 24.4 Å². The van der Waals surface area contributed by atoms with Gasteiger partial charge in [-0.25, -0.2) is 9.97 Å². The lowest BCUT2D eigenvalue weighted by molar-refractivity contribution is 0.102. The zero-order valence-corrected chi connectivity index (χ0v) is 18.8. The topological polar surface area (TPSA) is 70.6 Å². The number of anilines is 2. The molecule has 0 bridgehead atoms. The fraction of sp³-hybridized carbons (Fsp3) is 0.320. The maximum Gasteiger partial charge on any atom is 0.256 e. The summed E-state index contributed by atoms with van der Waals surface area (Å²) < 4.78 is 5.15. The third kappa shape index (κ3) is 5.06. The van der Waals surface area contributed by atoms with Gasteiger partial charge in [0, 0.05) is 50.2 Å². The van der Waals surface area contributed by atoms with Crippen molar-refractivity contribution >= 4 is 17.5 Å². The lowest BCUT2D eigenvalue weighted by Gasteiger charge is -2.37. The van der Waals surface area contributed by atoms with Crippen LogP contribution in [-0.2, 0) is 0 Å². The van der Waals surface area contributed by atoms with Crippen molar-refractivity contribution in [1.82, 2.24) is 14.9 Å². The molecule has 0 unspecified atom stereocenters. The van der Waals surface area contributed by atoms with Gasteiger partial charge in [-0.15, -0.1) is 0 Å². The van der Waals surface area contributed by atoms with Gasteiger partial charge in [0.05, 0.1) is 7.11 Å². The number of rotatable bonds is 6. The van der Waals surface area contributed by atoms with Crippen LogP contribution in [-0.4, -0.2) is 60.1 Å². The number of methoxy groups -OCH3 is 1. The van der Waals surface area contributed by atoms with Crippen LogP contribution >= 0.6 is 0 Å². The fourth-order valence-electron chi connectivity index (χ4n) is 3.85. The van der Waals surface area contributed by atoms with E-state index in [0.717, 1.165) is 43.1 Å². The molecule has 0 atom stereocenters. The number of amides is 1. The van der Waals surface area contributed by atoms with E-state index in [-0.39, 0.29) is 5.91 Å². The molecule has 1 aromatic carbocycles. The average Bonchev–Trinajstić information content (AvgIpc) is 2.84. The van der Waals surface area contributed by atoms with Crippen LogP contribution < -0.4 is 15.0 Å². The molecule has 1 N–H and O–H groups in total. The molecule has 0 saturated carbocycles. The maximum absolute atomic E-state index is 12.6. The van der Waals surface area contributed by atoms with E-state index in [4.69, 9.17) is 4.74 Å². The number of carbonyl (C=O) groups is 1. The van der Waals surface area contributed by atoms with Crippen molar-refractivity contribution in [3.8, 4) is 16.9 Å². The standard InChI is InChI=1S/C25H29N5O2/c1-18(2)29-12-14-30(15-13-29)24-17-21(9-11-27-24)20-8-10-26-23(16-20)28-25(31)19-4-6-22(32-3)7-5-19/h4-11,16-18H,12-15H2,1-3H3,(H,26,28,31). The van der Waals surface area contributed by atoms with Crippen molar-refractivity contribution in [3.05, 3.63) is 66.5 Å². The van der Waals surface area contributed by atoms with Crippen LogP contribution in [0.25, 0.3) is 11.1 Å². The Hall–Kier alpha value is -3.45. The Morgan fingerprint density at radius 2 is 1.59 bits per heavy atom.